The zero-order valence-corrected chi connectivity index (χ0v) is 14.7. The Morgan fingerprint density at radius 1 is 1.48 bits per heavy atom. The van der Waals surface area contributed by atoms with Crippen LogP contribution in [0, 0.1) is 5.41 Å². The van der Waals surface area contributed by atoms with Gasteiger partial charge in [-0.3, -0.25) is 4.79 Å². The third kappa shape index (κ3) is 2.78. The van der Waals surface area contributed by atoms with Crippen LogP contribution in [0.15, 0.2) is 12.5 Å². The van der Waals surface area contributed by atoms with Crippen molar-refractivity contribution in [1.82, 2.24) is 19.4 Å². The lowest BCUT2D eigenvalue weighted by atomic mass is 9.75. The van der Waals surface area contributed by atoms with Gasteiger partial charge in [-0.15, -0.1) is 0 Å². The number of methoxy groups -OCH3 is 1. The van der Waals surface area contributed by atoms with E-state index in [1.807, 2.05) is 11.2 Å². The minimum Gasteiger partial charge on any atom is -0.383 e. The Labute approximate surface area is 138 Å². The minimum absolute atomic E-state index is 0.188. The van der Waals surface area contributed by atoms with Crippen molar-refractivity contribution in [1.29, 1.82) is 0 Å². The number of rotatable bonds is 5. The highest BCUT2D eigenvalue weighted by Gasteiger charge is 2.56. The number of hydrogen-bond acceptors (Lipinski definition) is 4. The van der Waals surface area contributed by atoms with Crippen LogP contribution in [0.2, 0.25) is 0 Å². The van der Waals surface area contributed by atoms with Crippen molar-refractivity contribution in [2.45, 2.75) is 32.2 Å². The summed E-state index contributed by atoms with van der Waals surface area (Å²) in [7, 11) is 3.79. The molecule has 0 radical (unpaired) electrons. The fourth-order valence-corrected chi connectivity index (χ4v) is 4.08. The summed E-state index contributed by atoms with van der Waals surface area (Å²) in [5.41, 5.74) is 0.753. The van der Waals surface area contributed by atoms with Crippen molar-refractivity contribution >= 4 is 5.91 Å². The molecule has 6 nitrogen and oxygen atoms in total. The fraction of sp³-hybridized carbons (Fsp3) is 0.765. The van der Waals surface area contributed by atoms with E-state index >= 15 is 0 Å². The first-order chi connectivity index (χ1) is 11.0. The minimum atomic E-state index is -0.307. The maximum Gasteiger partial charge on any atom is 0.230 e. The number of imidazole rings is 1. The lowest BCUT2D eigenvalue weighted by Crippen LogP contribution is -2.40. The summed E-state index contributed by atoms with van der Waals surface area (Å²) in [4.78, 5) is 22.0. The third-order valence-corrected chi connectivity index (χ3v) is 5.39. The van der Waals surface area contributed by atoms with E-state index in [4.69, 9.17) is 4.74 Å². The smallest absolute Gasteiger partial charge is 0.230 e. The molecule has 2 saturated heterocycles. The molecule has 1 amide bonds. The average molecular weight is 320 g/mol. The van der Waals surface area contributed by atoms with Gasteiger partial charge < -0.3 is 19.1 Å². The SMILES string of the molecule is COCCN1CC[C@@]2(CN(C)C[C@@H]2c2cn(C(C)C)cn2)C1=O. The molecule has 0 aromatic carbocycles. The first-order valence-corrected chi connectivity index (χ1v) is 8.48. The topological polar surface area (TPSA) is 50.6 Å². The van der Waals surface area contributed by atoms with Gasteiger partial charge in [0.2, 0.25) is 5.91 Å². The molecule has 6 heteroatoms. The van der Waals surface area contributed by atoms with Gasteiger partial charge in [-0.1, -0.05) is 0 Å². The molecule has 1 aromatic heterocycles. The normalized spacial score (nSPS) is 28.7. The van der Waals surface area contributed by atoms with Crippen LogP contribution in [0.5, 0.6) is 0 Å². The van der Waals surface area contributed by atoms with E-state index in [1.165, 1.54) is 0 Å². The molecule has 2 aliphatic heterocycles. The van der Waals surface area contributed by atoms with Gasteiger partial charge in [0, 0.05) is 51.4 Å². The first-order valence-electron chi connectivity index (χ1n) is 8.48. The highest BCUT2D eigenvalue weighted by Crippen LogP contribution is 2.49. The van der Waals surface area contributed by atoms with Crippen molar-refractivity contribution < 1.29 is 9.53 Å². The largest absolute Gasteiger partial charge is 0.383 e. The Balaban J connectivity index is 1.86. The van der Waals surface area contributed by atoms with Crippen LogP contribution in [-0.4, -0.2) is 72.2 Å². The number of aromatic nitrogens is 2. The number of carbonyl (C=O) groups is 1. The van der Waals surface area contributed by atoms with E-state index < -0.39 is 0 Å². The summed E-state index contributed by atoms with van der Waals surface area (Å²) in [5.74, 6) is 0.468. The van der Waals surface area contributed by atoms with Crippen molar-refractivity contribution in [3.8, 4) is 0 Å². The molecule has 0 aliphatic carbocycles. The van der Waals surface area contributed by atoms with Gasteiger partial charge in [-0.25, -0.2) is 4.98 Å². The van der Waals surface area contributed by atoms with Gasteiger partial charge in [0.15, 0.2) is 0 Å². The molecule has 0 N–H and O–H groups in total. The van der Waals surface area contributed by atoms with Gasteiger partial charge in [0.05, 0.1) is 24.0 Å². The number of likely N-dealkylation sites (tertiary alicyclic amines) is 2. The summed E-state index contributed by atoms with van der Waals surface area (Å²) in [6.45, 7) is 8.15. The predicted octanol–water partition coefficient (Wildman–Crippen LogP) is 1.36. The molecule has 3 rings (SSSR count). The zero-order valence-electron chi connectivity index (χ0n) is 14.7. The molecule has 0 bridgehead atoms. The van der Waals surface area contributed by atoms with E-state index in [0.29, 0.717) is 19.2 Å². The van der Waals surface area contributed by atoms with Crippen LogP contribution < -0.4 is 0 Å². The van der Waals surface area contributed by atoms with Crippen LogP contribution in [0.4, 0.5) is 0 Å². The highest BCUT2D eigenvalue weighted by atomic mass is 16.5. The summed E-state index contributed by atoms with van der Waals surface area (Å²) in [6.07, 6.45) is 4.94. The van der Waals surface area contributed by atoms with E-state index in [0.717, 1.165) is 31.7 Å². The average Bonchev–Trinajstić information content (AvgIpc) is 3.18. The van der Waals surface area contributed by atoms with E-state index in [1.54, 1.807) is 7.11 Å². The molecule has 3 heterocycles. The van der Waals surface area contributed by atoms with Gasteiger partial charge in [0.25, 0.3) is 0 Å². The Hall–Kier alpha value is -1.40. The second-order valence-electron chi connectivity index (χ2n) is 7.28. The van der Waals surface area contributed by atoms with Crippen LogP contribution in [-0.2, 0) is 9.53 Å². The van der Waals surface area contributed by atoms with Crippen molar-refractivity contribution in [2.75, 3.05) is 46.9 Å². The number of carbonyl (C=O) groups excluding carboxylic acids is 1. The number of ether oxygens (including phenoxy) is 1. The molecular formula is C17H28N4O2. The van der Waals surface area contributed by atoms with E-state index in [-0.39, 0.29) is 17.2 Å². The first kappa shape index (κ1) is 16.5. The number of amides is 1. The van der Waals surface area contributed by atoms with Gasteiger partial charge in [-0.05, 0) is 27.3 Å². The maximum absolute atomic E-state index is 13.1. The monoisotopic (exact) mass is 320 g/mol. The highest BCUT2D eigenvalue weighted by molar-refractivity contribution is 5.86. The Morgan fingerprint density at radius 2 is 2.26 bits per heavy atom. The second kappa shape index (κ2) is 6.24. The summed E-state index contributed by atoms with van der Waals surface area (Å²) in [6, 6.07) is 0.392. The number of nitrogens with zero attached hydrogens (tertiary/aromatic N) is 4. The molecule has 0 unspecified atom stereocenters. The molecule has 128 valence electrons. The second-order valence-corrected chi connectivity index (χ2v) is 7.28. The Kier molecular flexibility index (Phi) is 4.47. The zero-order chi connectivity index (χ0) is 16.6. The standard InChI is InChI=1S/C17H28N4O2/c1-13(2)21-10-15(18-12-21)14-9-19(3)11-17(14)5-6-20(16(17)22)7-8-23-4/h10,12-14H,5-9,11H2,1-4H3/t14-,17+/m1/s1. The maximum atomic E-state index is 13.1. The lowest BCUT2D eigenvalue weighted by Gasteiger charge is -2.28. The van der Waals surface area contributed by atoms with E-state index in [9.17, 15) is 4.79 Å². The van der Waals surface area contributed by atoms with Crippen LogP contribution >= 0.6 is 0 Å². The third-order valence-electron chi connectivity index (χ3n) is 5.39. The van der Waals surface area contributed by atoms with Crippen LogP contribution in [0.3, 0.4) is 0 Å². The molecule has 23 heavy (non-hydrogen) atoms. The predicted molar refractivity (Wildman–Crippen MR) is 88.4 cm³/mol. The molecule has 1 spiro atoms. The molecule has 2 aliphatic rings. The Bertz CT molecular complexity index is 571. The van der Waals surface area contributed by atoms with Crippen LogP contribution in [0.25, 0.3) is 0 Å². The van der Waals surface area contributed by atoms with Crippen LogP contribution in [0.1, 0.15) is 37.9 Å². The lowest BCUT2D eigenvalue weighted by molar-refractivity contribution is -0.136. The summed E-state index contributed by atoms with van der Waals surface area (Å²) in [5, 5.41) is 0. The molecule has 0 saturated carbocycles. The molecule has 2 fully saturated rings. The van der Waals surface area contributed by atoms with Crippen molar-refractivity contribution in [2.24, 2.45) is 5.41 Å². The molecule has 2 atom stereocenters. The van der Waals surface area contributed by atoms with Gasteiger partial charge >= 0.3 is 0 Å². The summed E-state index contributed by atoms with van der Waals surface area (Å²) < 4.78 is 7.27. The number of likely N-dealkylation sites (N-methyl/N-ethyl adjacent to an activating group) is 1. The van der Waals surface area contributed by atoms with Crippen molar-refractivity contribution in [3.05, 3.63) is 18.2 Å². The molecule has 1 aromatic rings. The van der Waals surface area contributed by atoms with E-state index in [2.05, 4.69) is 41.5 Å². The van der Waals surface area contributed by atoms with Gasteiger partial charge in [-0.2, -0.15) is 0 Å². The summed E-state index contributed by atoms with van der Waals surface area (Å²) >= 11 is 0. The quantitative estimate of drug-likeness (QED) is 0.822. The molecular weight excluding hydrogens is 292 g/mol. The van der Waals surface area contributed by atoms with Crippen molar-refractivity contribution in [3.63, 3.8) is 0 Å². The Morgan fingerprint density at radius 3 is 2.91 bits per heavy atom. The number of hydrogen-bond donors (Lipinski definition) is 0. The fourth-order valence-electron chi connectivity index (χ4n) is 4.08. The van der Waals surface area contributed by atoms with Gasteiger partial charge in [0.1, 0.15) is 0 Å².